The summed E-state index contributed by atoms with van der Waals surface area (Å²) in [7, 11) is -3.06. The number of piperazine rings is 1. The molecule has 4 fully saturated rings. The van der Waals surface area contributed by atoms with E-state index in [1.165, 1.54) is 63.5 Å². The van der Waals surface area contributed by atoms with Crippen LogP contribution < -0.4 is 36.1 Å². The number of rotatable bonds is 29. The van der Waals surface area contributed by atoms with Crippen molar-refractivity contribution in [1.29, 1.82) is 0 Å². The molecule has 610 valence electrons. The lowest BCUT2D eigenvalue weighted by Crippen LogP contribution is -2.64. The van der Waals surface area contributed by atoms with Crippen LogP contribution in [-0.4, -0.2) is 209 Å². The van der Waals surface area contributed by atoms with Crippen molar-refractivity contribution in [1.82, 2.24) is 56.4 Å². The molecule has 7 N–H and O–H groups in total. The van der Waals surface area contributed by atoms with Crippen LogP contribution in [0.3, 0.4) is 0 Å². The Morgan fingerprint density at radius 3 is 1.85 bits per heavy atom. The van der Waals surface area contributed by atoms with E-state index in [0.29, 0.717) is 106 Å². The van der Waals surface area contributed by atoms with Gasteiger partial charge in [0.2, 0.25) is 17.8 Å². The summed E-state index contributed by atoms with van der Waals surface area (Å²) in [5.41, 5.74) is -9.55. The van der Waals surface area contributed by atoms with Crippen molar-refractivity contribution in [2.75, 3.05) is 72.3 Å². The Bertz CT molecular complexity index is 4360. The van der Waals surface area contributed by atoms with Gasteiger partial charge in [-0.25, -0.2) is 47.4 Å². The molecule has 4 saturated heterocycles. The van der Waals surface area contributed by atoms with E-state index in [4.69, 9.17) is 23.5 Å². The highest BCUT2D eigenvalue weighted by atomic mass is 31.2. The molecule has 4 aliphatic rings. The Morgan fingerprint density at radius 1 is 0.759 bits per heavy atom. The van der Waals surface area contributed by atoms with Crippen LogP contribution in [0.4, 0.5) is 59.4 Å². The van der Waals surface area contributed by atoms with Crippen molar-refractivity contribution < 1.29 is 125 Å². The Kier molecular flexibility index (Phi) is 26.7. The van der Waals surface area contributed by atoms with Crippen molar-refractivity contribution in [2.24, 2.45) is 10.8 Å². The summed E-state index contributed by atoms with van der Waals surface area (Å²) < 4.78 is 202. The van der Waals surface area contributed by atoms with Gasteiger partial charge in [-0.05, 0) is 107 Å². The first-order valence-electron chi connectivity index (χ1n) is 34.9. The Morgan fingerprint density at radius 2 is 1.34 bits per heavy atom. The van der Waals surface area contributed by atoms with E-state index in [2.05, 4.69) is 62.2 Å². The normalized spacial score (nSPS) is 18.8. The summed E-state index contributed by atoms with van der Waals surface area (Å²) in [4.78, 5) is 133. The fourth-order valence-corrected chi connectivity index (χ4v) is 14.2. The minimum Gasteiger partial charge on any atom is -0.467 e. The number of benzene rings is 3. The molecule has 5 aromatic rings. The van der Waals surface area contributed by atoms with Gasteiger partial charge in [0.05, 0.1) is 94.7 Å². The quantitative estimate of drug-likeness (QED) is 0.00602. The number of anilines is 1. The van der Waals surface area contributed by atoms with E-state index in [1.54, 1.807) is 5.32 Å². The van der Waals surface area contributed by atoms with E-state index < -0.39 is 181 Å². The van der Waals surface area contributed by atoms with Crippen molar-refractivity contribution in [3.8, 4) is 28.8 Å². The summed E-state index contributed by atoms with van der Waals surface area (Å²) in [5.74, 6) is -4.17. The van der Waals surface area contributed by atoms with Gasteiger partial charge >= 0.3 is 50.8 Å². The van der Waals surface area contributed by atoms with Crippen molar-refractivity contribution >= 4 is 55.6 Å². The monoisotopic (exact) mass is 1610 g/mol. The number of aryl methyl sites for hydroxylation is 1. The number of fused-ring (bicyclic) bond motifs is 2. The van der Waals surface area contributed by atoms with Crippen molar-refractivity contribution in [3.63, 3.8) is 0 Å². The molecule has 6 heterocycles. The minimum absolute atomic E-state index is 0.00274. The van der Waals surface area contributed by atoms with Gasteiger partial charge in [-0.15, -0.1) is 0 Å². The highest BCUT2D eigenvalue weighted by Gasteiger charge is 2.58. The molecule has 112 heavy (non-hydrogen) atoms. The molecule has 29 nitrogen and oxygen atoms in total. The van der Waals surface area contributed by atoms with Crippen LogP contribution in [0.5, 0.6) is 5.75 Å². The van der Waals surface area contributed by atoms with E-state index >= 15 is 44.7 Å². The van der Waals surface area contributed by atoms with E-state index in [-0.39, 0.29) is 46.6 Å². The highest BCUT2D eigenvalue weighted by Crippen LogP contribution is 2.47. The first kappa shape index (κ1) is 86.3. The predicted octanol–water partition coefficient (Wildman–Crippen LogP) is 7.70. The number of hydrazine groups is 1. The van der Waals surface area contributed by atoms with Gasteiger partial charge in [0, 0.05) is 91.0 Å². The van der Waals surface area contributed by atoms with Gasteiger partial charge < -0.3 is 59.1 Å². The lowest BCUT2D eigenvalue weighted by Gasteiger charge is -2.47. The number of ether oxygens (including phenoxy) is 6. The fraction of sp³-hybridized carbons (Fsp3) is 0.528. The number of halogens is 10. The SMILES string of the molecule is COC(=O)N[C@H](C(=O)N[C@@H](Cc1ccc(C#Cc2cnc(N3CC4CCC(C3)N4C3COC3)nc2)cc1)[C@H](CN(Cc1c(F)cc(-c2ccn(C(F)F)n2)cc1F)NC(=O)[C@@H](NC(=O)OC)C(C)(C)C(F)(F)F)OC(=O)CC(C)(C)c1c(CC(=O)N[C@@]2(C(=O)OC)CCOC2)cc(C)cc1OP(=O)(O)O)C(C)(C)C(F)(F)F. The second kappa shape index (κ2) is 34.7. The molecule has 9 rings (SSSR count). The van der Waals surface area contributed by atoms with Crippen LogP contribution in [0.25, 0.3) is 11.3 Å². The Balaban J connectivity index is 1.17. The Labute approximate surface area is 636 Å². The number of aromatic nitrogens is 4. The number of alkyl carbamates (subject to hydrolysis) is 2. The van der Waals surface area contributed by atoms with E-state index in [0.717, 1.165) is 52.5 Å². The third-order valence-corrected chi connectivity index (χ3v) is 20.5. The van der Waals surface area contributed by atoms with Gasteiger partial charge in [0.25, 0.3) is 5.91 Å². The number of methoxy groups -OCH3 is 3. The molecular formula is C72H85F10N12O17P. The largest absolute Gasteiger partial charge is 0.524 e. The topological polar surface area (TPSA) is 355 Å². The van der Waals surface area contributed by atoms with Crippen molar-refractivity contribution in [3.05, 3.63) is 124 Å². The van der Waals surface area contributed by atoms with Crippen LogP contribution in [0.2, 0.25) is 0 Å². The van der Waals surface area contributed by atoms with Crippen molar-refractivity contribution in [2.45, 2.75) is 166 Å². The molecule has 4 aliphatic heterocycles. The zero-order chi connectivity index (χ0) is 82.4. The summed E-state index contributed by atoms with van der Waals surface area (Å²) in [6.45, 7) is 2.46. The smallest absolute Gasteiger partial charge is 0.467 e. The number of nitrogens with one attached hydrogen (secondary N) is 5. The van der Waals surface area contributed by atoms with E-state index in [1.807, 2.05) is 5.32 Å². The third-order valence-electron chi connectivity index (χ3n) is 20.0. The van der Waals surface area contributed by atoms with Crippen LogP contribution in [0.1, 0.15) is 113 Å². The number of phosphoric acid groups is 1. The number of nitrogens with zero attached hydrogens (tertiary/aromatic N) is 7. The molecular weight excluding hydrogens is 1530 g/mol. The fourth-order valence-electron chi connectivity index (χ4n) is 13.8. The third kappa shape index (κ3) is 20.6. The predicted molar refractivity (Wildman–Crippen MR) is 375 cm³/mol. The maximum atomic E-state index is 16.9. The molecule has 2 unspecified atom stereocenters. The van der Waals surface area contributed by atoms with Crippen LogP contribution in [-0.2, 0) is 81.8 Å². The average molecular weight is 1610 g/mol. The van der Waals surface area contributed by atoms with Crippen LogP contribution in [0.15, 0.2) is 73.2 Å². The summed E-state index contributed by atoms with van der Waals surface area (Å²) in [6.07, 6.45) is -13.0. The van der Waals surface area contributed by atoms with Gasteiger partial charge in [0.1, 0.15) is 35.6 Å². The van der Waals surface area contributed by atoms with Crippen LogP contribution in [0, 0.1) is 41.2 Å². The molecule has 5 amide bonds. The second-order valence-corrected chi connectivity index (χ2v) is 30.5. The first-order valence-corrected chi connectivity index (χ1v) is 36.5. The molecule has 0 saturated carbocycles. The zero-order valence-corrected chi connectivity index (χ0v) is 63.2. The number of hydrogen-bond donors (Lipinski definition) is 7. The van der Waals surface area contributed by atoms with E-state index in [9.17, 15) is 47.1 Å². The van der Waals surface area contributed by atoms with Crippen LogP contribution >= 0.6 is 7.82 Å². The molecule has 2 bridgehead atoms. The van der Waals surface area contributed by atoms with Gasteiger partial charge in [0.15, 0.2) is 5.54 Å². The standard InChI is InChI=1S/C72H85F10N12O17P/c1-39-23-44(28-55(95)88-70(62(99)105-8)20-22-108-38-70)57(53(24-39)111-112(102,103)104)67(2,3)29-56(96)110-54(35-92(90-61(98)59(87-66(101)107-10)69(6,7)72(80,81)82)34-48-49(73)26-43(27-50(48)74)51-19-21-93(89-51)63(75)76)52(85-60(97)58(86-65(100)106-9)68(4,5)71(77,78)79)25-41-14-11-40(12-15-41)13-16-42-30-83-64(84-31-42)91-32-45-17-18-46(33-91)94(45)47-36-109-37-47/h11-12,14-15,19,21,23-24,26-27,30-31,45-47,52,54,58-59,63H,17-18,20,22,25,28-29,32-38H2,1-10H3,(H,85,97)(H,86,100)(H,87,101)(H,88,95)(H,90,98)(H2,102,103,104)/t45?,46?,52-,54-,58+,59+,70-/m0/s1. The molecule has 3 aromatic carbocycles. The Hall–Kier alpha value is -9.71. The number of hydrogen-bond acceptors (Lipinski definition) is 21. The summed E-state index contributed by atoms with van der Waals surface area (Å²) >= 11 is 0. The second-order valence-electron chi connectivity index (χ2n) is 29.3. The summed E-state index contributed by atoms with van der Waals surface area (Å²) in [5, 5.41) is 12.7. The average Bonchev–Trinajstić information content (AvgIpc) is 1.54. The molecule has 2 aromatic heterocycles. The number of esters is 2. The molecule has 0 spiro atoms. The van der Waals surface area contributed by atoms with Gasteiger partial charge in [-0.2, -0.15) is 40.2 Å². The number of carbonyl (C=O) groups is 7. The maximum Gasteiger partial charge on any atom is 0.524 e. The first-order chi connectivity index (χ1) is 52.4. The number of alkyl halides is 8. The number of amides is 5. The minimum atomic E-state index is -5.60. The molecule has 0 aliphatic carbocycles. The zero-order valence-electron chi connectivity index (χ0n) is 62.3. The number of carbonyl (C=O) groups excluding carboxylic acids is 7. The summed E-state index contributed by atoms with van der Waals surface area (Å²) in [6, 6.07) is 3.72. The lowest BCUT2D eigenvalue weighted by molar-refractivity contribution is -0.221. The van der Waals surface area contributed by atoms with Gasteiger partial charge in [-0.1, -0.05) is 43.9 Å². The van der Waals surface area contributed by atoms with Gasteiger partial charge in [-0.3, -0.25) is 39.3 Å². The maximum absolute atomic E-state index is 16.9. The lowest BCUT2D eigenvalue weighted by atomic mass is 9.77. The number of phosphoric ester groups is 1. The molecule has 40 heteroatoms. The molecule has 0 radical (unpaired) electrons. The molecule has 7 atom stereocenters. The highest BCUT2D eigenvalue weighted by molar-refractivity contribution is 7.46.